The lowest BCUT2D eigenvalue weighted by Gasteiger charge is -2.34. The largest absolute Gasteiger partial charge is 0.381 e. The Morgan fingerprint density at radius 1 is 1.42 bits per heavy atom. The van der Waals surface area contributed by atoms with E-state index in [0.717, 1.165) is 19.1 Å². The van der Waals surface area contributed by atoms with Gasteiger partial charge in [-0.2, -0.15) is 0 Å². The first-order valence-corrected chi connectivity index (χ1v) is 5.05. The number of hydrogen-bond donors (Lipinski definition) is 0. The van der Waals surface area contributed by atoms with Gasteiger partial charge in [0.1, 0.15) is 0 Å². The molecule has 12 heavy (non-hydrogen) atoms. The van der Waals surface area contributed by atoms with Gasteiger partial charge in [0.25, 0.3) is 0 Å². The molecule has 0 radical (unpaired) electrons. The van der Waals surface area contributed by atoms with Crippen molar-refractivity contribution in [3.8, 4) is 0 Å². The van der Waals surface area contributed by atoms with Crippen LogP contribution in [0.4, 0.5) is 0 Å². The molecule has 0 aromatic rings. The summed E-state index contributed by atoms with van der Waals surface area (Å²) in [6, 6.07) is 0.686. The highest BCUT2D eigenvalue weighted by atomic mass is 16.5. The Hall–Kier alpha value is -0.0800. The summed E-state index contributed by atoms with van der Waals surface area (Å²) >= 11 is 0. The van der Waals surface area contributed by atoms with Crippen LogP contribution in [0.1, 0.15) is 27.2 Å². The highest BCUT2D eigenvalue weighted by molar-refractivity contribution is 4.72. The predicted octanol–water partition coefficient (Wildman–Crippen LogP) is 1.75. The van der Waals surface area contributed by atoms with E-state index < -0.39 is 0 Å². The second-order valence-corrected chi connectivity index (χ2v) is 3.99. The molecule has 0 bridgehead atoms. The second-order valence-electron chi connectivity index (χ2n) is 3.99. The zero-order chi connectivity index (χ0) is 8.97. The van der Waals surface area contributed by atoms with Gasteiger partial charge in [-0.3, -0.25) is 0 Å². The van der Waals surface area contributed by atoms with Crippen molar-refractivity contribution in [2.75, 3.05) is 26.3 Å². The van der Waals surface area contributed by atoms with E-state index in [2.05, 4.69) is 25.7 Å². The molecular weight excluding hydrogens is 150 g/mol. The molecule has 2 nitrogen and oxygen atoms in total. The molecule has 0 N–H and O–H groups in total. The number of ether oxygens (including phenoxy) is 1. The summed E-state index contributed by atoms with van der Waals surface area (Å²) in [4.78, 5) is 2.55. The first-order valence-electron chi connectivity index (χ1n) is 5.05. The molecule has 0 spiro atoms. The molecule has 2 heteroatoms. The van der Waals surface area contributed by atoms with Crippen molar-refractivity contribution in [1.82, 2.24) is 4.90 Å². The van der Waals surface area contributed by atoms with E-state index in [4.69, 9.17) is 4.74 Å². The van der Waals surface area contributed by atoms with E-state index in [-0.39, 0.29) is 0 Å². The lowest BCUT2D eigenvalue weighted by atomic mass is 10.1. The normalized spacial score (nSPS) is 18.8. The Morgan fingerprint density at radius 3 is 2.42 bits per heavy atom. The standard InChI is InChI=1S/C10H21NO/c1-4-5-11(9(2)3)6-10-7-12-8-10/h9-10H,4-8H2,1-3H3. The van der Waals surface area contributed by atoms with Crippen LogP contribution in [0.5, 0.6) is 0 Å². The van der Waals surface area contributed by atoms with Crippen LogP contribution < -0.4 is 0 Å². The number of hydrogen-bond acceptors (Lipinski definition) is 2. The van der Waals surface area contributed by atoms with E-state index in [9.17, 15) is 0 Å². The van der Waals surface area contributed by atoms with Gasteiger partial charge >= 0.3 is 0 Å². The van der Waals surface area contributed by atoms with Gasteiger partial charge in [0, 0.05) is 18.5 Å². The van der Waals surface area contributed by atoms with E-state index in [1.165, 1.54) is 19.5 Å². The van der Waals surface area contributed by atoms with E-state index in [1.807, 2.05) is 0 Å². The lowest BCUT2D eigenvalue weighted by Crippen LogP contribution is -2.42. The van der Waals surface area contributed by atoms with Gasteiger partial charge in [-0.05, 0) is 26.8 Å². The van der Waals surface area contributed by atoms with Crippen LogP contribution in [0.15, 0.2) is 0 Å². The Labute approximate surface area is 75.9 Å². The molecule has 0 atom stereocenters. The molecule has 1 fully saturated rings. The molecule has 0 unspecified atom stereocenters. The molecule has 1 saturated heterocycles. The smallest absolute Gasteiger partial charge is 0.0528 e. The molecule has 1 aliphatic rings. The minimum atomic E-state index is 0.686. The molecular formula is C10H21NO. The maximum absolute atomic E-state index is 5.17. The average molecular weight is 171 g/mol. The summed E-state index contributed by atoms with van der Waals surface area (Å²) in [5, 5.41) is 0. The Bertz CT molecular complexity index is 121. The van der Waals surface area contributed by atoms with Crippen molar-refractivity contribution >= 4 is 0 Å². The van der Waals surface area contributed by atoms with Crippen molar-refractivity contribution < 1.29 is 4.74 Å². The maximum Gasteiger partial charge on any atom is 0.0528 e. The fraction of sp³-hybridized carbons (Fsp3) is 1.00. The van der Waals surface area contributed by atoms with Gasteiger partial charge in [-0.1, -0.05) is 6.92 Å². The zero-order valence-corrected chi connectivity index (χ0v) is 8.55. The van der Waals surface area contributed by atoms with Crippen LogP contribution in [0, 0.1) is 5.92 Å². The van der Waals surface area contributed by atoms with Gasteiger partial charge in [0.2, 0.25) is 0 Å². The van der Waals surface area contributed by atoms with E-state index in [0.29, 0.717) is 6.04 Å². The number of nitrogens with zero attached hydrogens (tertiary/aromatic N) is 1. The predicted molar refractivity (Wildman–Crippen MR) is 51.3 cm³/mol. The minimum Gasteiger partial charge on any atom is -0.381 e. The van der Waals surface area contributed by atoms with Crippen LogP contribution in [-0.2, 0) is 4.74 Å². The van der Waals surface area contributed by atoms with Gasteiger partial charge in [-0.25, -0.2) is 0 Å². The molecule has 0 amide bonds. The summed E-state index contributed by atoms with van der Waals surface area (Å²) in [6.45, 7) is 11.2. The molecule has 1 heterocycles. The number of rotatable bonds is 5. The quantitative estimate of drug-likeness (QED) is 0.625. The molecule has 0 aliphatic carbocycles. The third-order valence-corrected chi connectivity index (χ3v) is 2.44. The average Bonchev–Trinajstić information content (AvgIpc) is 1.93. The van der Waals surface area contributed by atoms with Gasteiger partial charge in [-0.15, -0.1) is 0 Å². The Morgan fingerprint density at radius 2 is 2.08 bits per heavy atom. The van der Waals surface area contributed by atoms with Gasteiger partial charge in [0.15, 0.2) is 0 Å². The van der Waals surface area contributed by atoms with Crippen molar-refractivity contribution in [1.29, 1.82) is 0 Å². The third-order valence-electron chi connectivity index (χ3n) is 2.44. The topological polar surface area (TPSA) is 12.5 Å². The van der Waals surface area contributed by atoms with Crippen LogP contribution in [0.25, 0.3) is 0 Å². The highest BCUT2D eigenvalue weighted by Crippen LogP contribution is 2.13. The van der Waals surface area contributed by atoms with Crippen molar-refractivity contribution in [3.05, 3.63) is 0 Å². The zero-order valence-electron chi connectivity index (χ0n) is 8.55. The van der Waals surface area contributed by atoms with Crippen molar-refractivity contribution in [2.45, 2.75) is 33.2 Å². The molecule has 0 saturated carbocycles. The summed E-state index contributed by atoms with van der Waals surface area (Å²) < 4.78 is 5.17. The van der Waals surface area contributed by atoms with E-state index in [1.54, 1.807) is 0 Å². The molecule has 1 aliphatic heterocycles. The monoisotopic (exact) mass is 171 g/mol. The fourth-order valence-electron chi connectivity index (χ4n) is 1.57. The third kappa shape index (κ3) is 2.76. The lowest BCUT2D eigenvalue weighted by molar-refractivity contribution is -0.0499. The first kappa shape index (κ1) is 10.0. The van der Waals surface area contributed by atoms with Gasteiger partial charge < -0.3 is 9.64 Å². The van der Waals surface area contributed by atoms with Crippen LogP contribution >= 0.6 is 0 Å². The van der Waals surface area contributed by atoms with Crippen LogP contribution in [0.3, 0.4) is 0 Å². The molecule has 0 aromatic heterocycles. The molecule has 1 rings (SSSR count). The fourth-order valence-corrected chi connectivity index (χ4v) is 1.57. The Kier molecular flexibility index (Phi) is 4.02. The first-order chi connectivity index (χ1) is 5.74. The van der Waals surface area contributed by atoms with Crippen LogP contribution in [0.2, 0.25) is 0 Å². The Balaban J connectivity index is 2.21. The second kappa shape index (κ2) is 4.83. The summed E-state index contributed by atoms with van der Waals surface area (Å²) in [5.74, 6) is 0.805. The summed E-state index contributed by atoms with van der Waals surface area (Å²) in [5.41, 5.74) is 0. The summed E-state index contributed by atoms with van der Waals surface area (Å²) in [6.07, 6.45) is 1.26. The summed E-state index contributed by atoms with van der Waals surface area (Å²) in [7, 11) is 0. The molecule has 72 valence electrons. The SMILES string of the molecule is CCCN(CC1COC1)C(C)C. The molecule has 0 aromatic carbocycles. The van der Waals surface area contributed by atoms with Gasteiger partial charge in [0.05, 0.1) is 13.2 Å². The van der Waals surface area contributed by atoms with E-state index >= 15 is 0 Å². The van der Waals surface area contributed by atoms with Crippen molar-refractivity contribution in [2.24, 2.45) is 5.92 Å². The highest BCUT2D eigenvalue weighted by Gasteiger charge is 2.22. The van der Waals surface area contributed by atoms with Crippen molar-refractivity contribution in [3.63, 3.8) is 0 Å². The minimum absolute atomic E-state index is 0.686. The maximum atomic E-state index is 5.17. The van der Waals surface area contributed by atoms with Crippen LogP contribution in [-0.4, -0.2) is 37.2 Å².